The molecule has 0 unspecified atom stereocenters. The summed E-state index contributed by atoms with van der Waals surface area (Å²) in [7, 11) is 0. The summed E-state index contributed by atoms with van der Waals surface area (Å²) >= 11 is 8.23. The summed E-state index contributed by atoms with van der Waals surface area (Å²) in [6.45, 7) is 0. The second-order valence-electron chi connectivity index (χ2n) is 1.94. The molecule has 1 rings (SSSR count). The molecule has 10 heavy (non-hydrogen) atoms. The predicted molar refractivity (Wildman–Crippen MR) is 40.3 cm³/mol. The molecule has 0 aromatic carbocycles. The highest BCUT2D eigenvalue weighted by atomic mass is 79.9. The summed E-state index contributed by atoms with van der Waals surface area (Å²) in [6, 6.07) is 0. The molecule has 0 spiro atoms. The lowest BCUT2D eigenvalue weighted by Gasteiger charge is -2.08. The van der Waals surface area contributed by atoms with E-state index in [1.165, 1.54) is 0 Å². The Morgan fingerprint density at radius 3 is 2.30 bits per heavy atom. The number of rotatable bonds is 0. The molecule has 0 aliphatic heterocycles. The van der Waals surface area contributed by atoms with Gasteiger partial charge in [0, 0.05) is 4.48 Å². The van der Waals surface area contributed by atoms with Crippen molar-refractivity contribution < 1.29 is 8.78 Å². The molecule has 0 fully saturated rings. The van der Waals surface area contributed by atoms with Crippen LogP contribution >= 0.6 is 27.5 Å². The third-order valence-corrected chi connectivity index (χ3v) is 2.33. The van der Waals surface area contributed by atoms with E-state index in [4.69, 9.17) is 11.6 Å². The van der Waals surface area contributed by atoms with Crippen LogP contribution in [-0.2, 0) is 0 Å². The van der Waals surface area contributed by atoms with E-state index in [0.29, 0.717) is 12.8 Å². The normalized spacial score (nSPS) is 20.4. The highest BCUT2D eigenvalue weighted by Crippen LogP contribution is 2.36. The highest BCUT2D eigenvalue weighted by molar-refractivity contribution is 9.11. The molecule has 0 amide bonds. The van der Waals surface area contributed by atoms with E-state index in [1.54, 1.807) is 0 Å². The Kier molecular flexibility index (Phi) is 2.47. The SMILES string of the molecule is FC1=C(Cl)CCC(Br)=C1F. The lowest BCUT2D eigenvalue weighted by atomic mass is 10.2. The first-order valence-corrected chi connectivity index (χ1v) is 3.88. The second-order valence-corrected chi connectivity index (χ2v) is 3.35. The average molecular weight is 229 g/mol. The molecule has 0 bridgehead atoms. The molecular formula is C6H4BrClF2. The number of hydrogen-bond acceptors (Lipinski definition) is 0. The van der Waals surface area contributed by atoms with E-state index < -0.39 is 11.7 Å². The lowest BCUT2D eigenvalue weighted by Crippen LogP contribution is -1.92. The van der Waals surface area contributed by atoms with Crippen LogP contribution in [0.2, 0.25) is 0 Å². The molecule has 4 heteroatoms. The summed E-state index contributed by atoms with van der Waals surface area (Å²) in [5, 5.41) is -0.0271. The van der Waals surface area contributed by atoms with Crippen molar-refractivity contribution in [1.82, 2.24) is 0 Å². The smallest absolute Gasteiger partial charge is 0.174 e. The van der Waals surface area contributed by atoms with E-state index in [9.17, 15) is 8.78 Å². The maximum atomic E-state index is 12.5. The monoisotopic (exact) mass is 228 g/mol. The van der Waals surface area contributed by atoms with Crippen molar-refractivity contribution in [3.63, 3.8) is 0 Å². The minimum Gasteiger partial charge on any atom is -0.203 e. The molecule has 1 aliphatic rings. The van der Waals surface area contributed by atoms with E-state index in [0.717, 1.165) is 0 Å². The maximum Gasteiger partial charge on any atom is 0.174 e. The van der Waals surface area contributed by atoms with E-state index in [2.05, 4.69) is 15.9 Å². The van der Waals surface area contributed by atoms with Crippen molar-refractivity contribution in [2.24, 2.45) is 0 Å². The summed E-state index contributed by atoms with van der Waals surface area (Å²) in [5.74, 6) is -1.80. The Hall–Kier alpha value is 0.110. The van der Waals surface area contributed by atoms with Crippen molar-refractivity contribution in [1.29, 1.82) is 0 Å². The van der Waals surface area contributed by atoms with Gasteiger partial charge in [-0.3, -0.25) is 0 Å². The second kappa shape index (κ2) is 3.01. The van der Waals surface area contributed by atoms with Gasteiger partial charge < -0.3 is 0 Å². The van der Waals surface area contributed by atoms with Gasteiger partial charge >= 0.3 is 0 Å². The van der Waals surface area contributed by atoms with Crippen molar-refractivity contribution in [3.8, 4) is 0 Å². The third-order valence-electron chi connectivity index (χ3n) is 1.23. The van der Waals surface area contributed by atoms with Crippen LogP contribution in [0.5, 0.6) is 0 Å². The van der Waals surface area contributed by atoms with E-state index in [-0.39, 0.29) is 9.51 Å². The molecule has 0 atom stereocenters. The standard InChI is InChI=1S/C6H4BrClF2/c7-3-1-2-4(8)6(10)5(3)9/h1-2H2. The van der Waals surface area contributed by atoms with Crippen molar-refractivity contribution in [3.05, 3.63) is 21.2 Å². The molecule has 1 aliphatic carbocycles. The van der Waals surface area contributed by atoms with Gasteiger partial charge in [-0.1, -0.05) is 27.5 Å². The fourth-order valence-electron chi connectivity index (χ4n) is 0.677. The van der Waals surface area contributed by atoms with Gasteiger partial charge in [0.2, 0.25) is 0 Å². The molecule has 56 valence electrons. The van der Waals surface area contributed by atoms with Crippen LogP contribution in [-0.4, -0.2) is 0 Å². The molecular weight excluding hydrogens is 225 g/mol. The minimum absolute atomic E-state index is 0.0271. The third kappa shape index (κ3) is 1.40. The first kappa shape index (κ1) is 8.21. The van der Waals surface area contributed by atoms with Crippen molar-refractivity contribution in [2.45, 2.75) is 12.8 Å². The number of halogens is 4. The molecule has 0 heterocycles. The molecule has 0 saturated heterocycles. The first-order chi connectivity index (χ1) is 4.63. The summed E-state index contributed by atoms with van der Waals surface area (Å²) in [5.41, 5.74) is 0. The van der Waals surface area contributed by atoms with Gasteiger partial charge in [-0.05, 0) is 12.8 Å². The van der Waals surface area contributed by atoms with Crippen LogP contribution < -0.4 is 0 Å². The predicted octanol–water partition coefficient (Wildman–Crippen LogP) is 3.78. The zero-order valence-electron chi connectivity index (χ0n) is 4.93. The van der Waals surface area contributed by atoms with Gasteiger partial charge in [0.25, 0.3) is 0 Å². The van der Waals surface area contributed by atoms with Gasteiger partial charge in [0.05, 0.1) is 5.03 Å². The highest BCUT2D eigenvalue weighted by Gasteiger charge is 2.19. The van der Waals surface area contributed by atoms with Crippen LogP contribution in [0.15, 0.2) is 21.2 Å². The van der Waals surface area contributed by atoms with Crippen LogP contribution in [0.25, 0.3) is 0 Å². The van der Waals surface area contributed by atoms with Crippen molar-refractivity contribution >= 4 is 27.5 Å². The Balaban J connectivity index is 3.01. The quantitative estimate of drug-likeness (QED) is 0.593. The minimum atomic E-state index is -0.931. The summed E-state index contributed by atoms with van der Waals surface area (Å²) < 4.78 is 25.3. The Labute approximate surface area is 70.7 Å². The topological polar surface area (TPSA) is 0 Å². The summed E-state index contributed by atoms with van der Waals surface area (Å²) in [4.78, 5) is 0. The summed E-state index contributed by atoms with van der Waals surface area (Å²) in [6.07, 6.45) is 0.819. The van der Waals surface area contributed by atoms with Gasteiger partial charge in [-0.15, -0.1) is 0 Å². The van der Waals surface area contributed by atoms with Crippen molar-refractivity contribution in [2.75, 3.05) is 0 Å². The molecule has 0 nitrogen and oxygen atoms in total. The number of allylic oxidation sites excluding steroid dienone is 4. The Morgan fingerprint density at radius 1 is 1.20 bits per heavy atom. The zero-order chi connectivity index (χ0) is 7.72. The van der Waals surface area contributed by atoms with Crippen LogP contribution in [0.3, 0.4) is 0 Å². The van der Waals surface area contributed by atoms with E-state index in [1.807, 2.05) is 0 Å². The lowest BCUT2D eigenvalue weighted by molar-refractivity contribution is 0.525. The molecule has 0 radical (unpaired) electrons. The fourth-order valence-corrected chi connectivity index (χ4v) is 1.23. The van der Waals surface area contributed by atoms with Gasteiger partial charge in [-0.2, -0.15) is 0 Å². The van der Waals surface area contributed by atoms with Gasteiger partial charge in [-0.25, -0.2) is 8.78 Å². The molecule has 0 saturated carbocycles. The van der Waals surface area contributed by atoms with E-state index >= 15 is 0 Å². The van der Waals surface area contributed by atoms with Gasteiger partial charge in [0.15, 0.2) is 11.7 Å². The van der Waals surface area contributed by atoms with Crippen LogP contribution in [0.4, 0.5) is 8.78 Å². The fraction of sp³-hybridized carbons (Fsp3) is 0.333. The largest absolute Gasteiger partial charge is 0.203 e. The molecule has 0 aromatic heterocycles. The number of hydrogen-bond donors (Lipinski definition) is 0. The molecule has 0 N–H and O–H groups in total. The Bertz CT molecular complexity index is 196. The maximum absolute atomic E-state index is 12.5. The average Bonchev–Trinajstić information content (AvgIpc) is 1.93. The molecule has 0 aromatic rings. The van der Waals surface area contributed by atoms with Crippen LogP contribution in [0, 0.1) is 0 Å². The van der Waals surface area contributed by atoms with Crippen LogP contribution in [0.1, 0.15) is 12.8 Å². The zero-order valence-corrected chi connectivity index (χ0v) is 7.27. The Morgan fingerprint density at radius 2 is 1.80 bits per heavy atom. The van der Waals surface area contributed by atoms with Gasteiger partial charge in [0.1, 0.15) is 0 Å². The first-order valence-electron chi connectivity index (χ1n) is 2.71.